The van der Waals surface area contributed by atoms with E-state index in [4.69, 9.17) is 5.73 Å². The van der Waals surface area contributed by atoms with Crippen molar-refractivity contribution in [3.63, 3.8) is 0 Å². The molecule has 0 aromatic heterocycles. The molecule has 0 aliphatic rings. The molecule has 0 spiro atoms. The van der Waals surface area contributed by atoms with E-state index in [2.05, 4.69) is 31.2 Å². The normalized spacial score (nSPS) is 7.86. The average molecular weight is 195 g/mol. The summed E-state index contributed by atoms with van der Waals surface area (Å²) in [6.07, 6.45) is 1.09. The summed E-state index contributed by atoms with van der Waals surface area (Å²) in [5, 5.41) is 0. The molecule has 0 amide bonds. The highest BCUT2D eigenvalue weighted by molar-refractivity contribution is 5.22. The summed E-state index contributed by atoms with van der Waals surface area (Å²) >= 11 is 0. The molecule has 0 aliphatic carbocycles. The lowest BCUT2D eigenvalue weighted by Gasteiger charge is -1.98. The first-order valence-corrected chi connectivity index (χ1v) is 5.64. The number of rotatable bonds is 2. The number of nitrogens with two attached hydrogens (primary N) is 1. The molecular weight excluding hydrogens is 170 g/mol. The standard InChI is InChI=1S/C9H13N.2C2H6/c1-2-8-4-3-5-9(6-8)7-10;2*1-2/h3-6H,2,7,10H2,1H3;2*1-2H3. The summed E-state index contributed by atoms with van der Waals surface area (Å²) < 4.78 is 0. The van der Waals surface area contributed by atoms with E-state index in [-0.39, 0.29) is 0 Å². The molecule has 0 saturated carbocycles. The van der Waals surface area contributed by atoms with Crippen molar-refractivity contribution in [3.8, 4) is 0 Å². The SMILES string of the molecule is CC.CC.CCc1cccc(CN)c1. The van der Waals surface area contributed by atoms with Crippen LogP contribution in [0.3, 0.4) is 0 Å². The Morgan fingerprint density at radius 3 is 1.93 bits per heavy atom. The molecule has 1 rings (SSSR count). The molecule has 14 heavy (non-hydrogen) atoms. The van der Waals surface area contributed by atoms with Crippen LogP contribution in [0.5, 0.6) is 0 Å². The molecule has 0 aliphatic heterocycles. The van der Waals surface area contributed by atoms with Gasteiger partial charge in [-0.1, -0.05) is 58.9 Å². The minimum Gasteiger partial charge on any atom is -0.326 e. The zero-order valence-electron chi connectivity index (χ0n) is 10.3. The van der Waals surface area contributed by atoms with Crippen LogP contribution in [0.25, 0.3) is 0 Å². The van der Waals surface area contributed by atoms with E-state index in [1.54, 1.807) is 0 Å². The molecule has 0 heterocycles. The summed E-state index contributed by atoms with van der Waals surface area (Å²) in [4.78, 5) is 0. The van der Waals surface area contributed by atoms with Gasteiger partial charge in [-0.3, -0.25) is 0 Å². The van der Waals surface area contributed by atoms with E-state index in [1.807, 2.05) is 27.7 Å². The Bertz CT molecular complexity index is 187. The molecule has 0 atom stereocenters. The van der Waals surface area contributed by atoms with Crippen LogP contribution in [-0.2, 0) is 13.0 Å². The van der Waals surface area contributed by atoms with Crippen molar-refractivity contribution in [2.24, 2.45) is 5.73 Å². The number of hydrogen-bond acceptors (Lipinski definition) is 1. The van der Waals surface area contributed by atoms with Crippen LogP contribution in [0, 0.1) is 0 Å². The van der Waals surface area contributed by atoms with Crippen molar-refractivity contribution in [2.75, 3.05) is 0 Å². The third-order valence-electron chi connectivity index (χ3n) is 1.64. The minimum absolute atomic E-state index is 0.647. The van der Waals surface area contributed by atoms with Crippen LogP contribution in [-0.4, -0.2) is 0 Å². The van der Waals surface area contributed by atoms with E-state index < -0.39 is 0 Å². The molecule has 0 radical (unpaired) electrons. The van der Waals surface area contributed by atoms with Gasteiger partial charge in [-0.05, 0) is 17.5 Å². The lowest BCUT2D eigenvalue weighted by molar-refractivity contribution is 1.05. The summed E-state index contributed by atoms with van der Waals surface area (Å²) in [6.45, 7) is 10.8. The second-order valence-corrected chi connectivity index (χ2v) is 2.38. The monoisotopic (exact) mass is 195 g/mol. The molecule has 0 saturated heterocycles. The van der Waals surface area contributed by atoms with Gasteiger partial charge < -0.3 is 5.73 Å². The van der Waals surface area contributed by atoms with E-state index >= 15 is 0 Å². The molecule has 1 aromatic rings. The fourth-order valence-electron chi connectivity index (χ4n) is 0.977. The first-order valence-electron chi connectivity index (χ1n) is 5.64. The highest BCUT2D eigenvalue weighted by Gasteiger charge is 1.89. The molecule has 2 N–H and O–H groups in total. The summed E-state index contributed by atoms with van der Waals surface area (Å²) in [5.41, 5.74) is 8.06. The van der Waals surface area contributed by atoms with Crippen molar-refractivity contribution >= 4 is 0 Å². The van der Waals surface area contributed by atoms with Crippen LogP contribution >= 0.6 is 0 Å². The van der Waals surface area contributed by atoms with Crippen molar-refractivity contribution < 1.29 is 0 Å². The van der Waals surface area contributed by atoms with Crippen molar-refractivity contribution in [1.29, 1.82) is 0 Å². The number of hydrogen-bond donors (Lipinski definition) is 1. The van der Waals surface area contributed by atoms with Gasteiger partial charge in [-0.15, -0.1) is 0 Å². The Morgan fingerprint density at radius 1 is 1.00 bits per heavy atom. The predicted molar refractivity (Wildman–Crippen MR) is 66.4 cm³/mol. The maximum atomic E-state index is 5.47. The zero-order valence-corrected chi connectivity index (χ0v) is 10.3. The maximum Gasteiger partial charge on any atom is 0.0178 e. The van der Waals surface area contributed by atoms with Crippen LogP contribution in [0.2, 0.25) is 0 Å². The maximum absolute atomic E-state index is 5.47. The van der Waals surface area contributed by atoms with Crippen LogP contribution in [0.15, 0.2) is 24.3 Å². The Kier molecular flexibility index (Phi) is 13.6. The quantitative estimate of drug-likeness (QED) is 0.764. The molecule has 0 fully saturated rings. The lowest BCUT2D eigenvalue weighted by Crippen LogP contribution is -1.96. The Hall–Kier alpha value is -0.820. The van der Waals surface area contributed by atoms with Gasteiger partial charge in [0.2, 0.25) is 0 Å². The van der Waals surface area contributed by atoms with Crippen molar-refractivity contribution in [1.82, 2.24) is 0 Å². The van der Waals surface area contributed by atoms with Crippen molar-refractivity contribution in [2.45, 2.75) is 47.6 Å². The third-order valence-corrected chi connectivity index (χ3v) is 1.64. The highest BCUT2D eigenvalue weighted by Crippen LogP contribution is 2.04. The second-order valence-electron chi connectivity index (χ2n) is 2.38. The van der Waals surface area contributed by atoms with Gasteiger partial charge in [0.1, 0.15) is 0 Å². The first kappa shape index (κ1) is 15.6. The summed E-state index contributed by atoms with van der Waals surface area (Å²) in [7, 11) is 0. The zero-order chi connectivity index (χ0) is 11.4. The van der Waals surface area contributed by atoms with Gasteiger partial charge in [0, 0.05) is 6.54 Å². The van der Waals surface area contributed by atoms with Crippen LogP contribution < -0.4 is 5.73 Å². The fourth-order valence-corrected chi connectivity index (χ4v) is 0.977. The molecule has 1 heteroatoms. The lowest BCUT2D eigenvalue weighted by atomic mass is 10.1. The third kappa shape index (κ3) is 6.67. The Balaban J connectivity index is 0. The van der Waals surface area contributed by atoms with E-state index in [0.717, 1.165) is 6.42 Å². The fraction of sp³-hybridized carbons (Fsp3) is 0.538. The molecule has 1 nitrogen and oxygen atoms in total. The summed E-state index contributed by atoms with van der Waals surface area (Å²) in [6, 6.07) is 8.39. The van der Waals surface area contributed by atoms with E-state index in [9.17, 15) is 0 Å². The van der Waals surface area contributed by atoms with Gasteiger partial charge in [0.15, 0.2) is 0 Å². The largest absolute Gasteiger partial charge is 0.326 e. The first-order chi connectivity index (χ1) is 6.86. The highest BCUT2D eigenvalue weighted by atomic mass is 14.5. The molecule has 0 bridgehead atoms. The van der Waals surface area contributed by atoms with E-state index in [0.29, 0.717) is 6.54 Å². The topological polar surface area (TPSA) is 26.0 Å². The number of benzene rings is 1. The Morgan fingerprint density at radius 2 is 1.50 bits per heavy atom. The van der Waals surface area contributed by atoms with Crippen molar-refractivity contribution in [3.05, 3.63) is 35.4 Å². The van der Waals surface area contributed by atoms with Gasteiger partial charge in [0.25, 0.3) is 0 Å². The molecule has 82 valence electrons. The van der Waals surface area contributed by atoms with Gasteiger partial charge >= 0.3 is 0 Å². The second kappa shape index (κ2) is 12.2. The Labute approximate surface area is 89.3 Å². The minimum atomic E-state index is 0.647. The van der Waals surface area contributed by atoms with Crippen LogP contribution in [0.1, 0.15) is 45.7 Å². The predicted octanol–water partition coefficient (Wildman–Crippen LogP) is 3.76. The molecule has 0 unspecified atom stereocenters. The summed E-state index contributed by atoms with van der Waals surface area (Å²) in [5.74, 6) is 0. The average Bonchev–Trinajstić information content (AvgIpc) is 2.34. The smallest absolute Gasteiger partial charge is 0.0178 e. The van der Waals surface area contributed by atoms with Gasteiger partial charge in [-0.2, -0.15) is 0 Å². The molecule has 1 aromatic carbocycles. The molecular formula is C13H25N. The van der Waals surface area contributed by atoms with E-state index in [1.165, 1.54) is 11.1 Å². The van der Waals surface area contributed by atoms with Gasteiger partial charge in [-0.25, -0.2) is 0 Å². The number of aryl methyl sites for hydroxylation is 1. The van der Waals surface area contributed by atoms with Gasteiger partial charge in [0.05, 0.1) is 0 Å². The van der Waals surface area contributed by atoms with Crippen LogP contribution in [0.4, 0.5) is 0 Å².